The Morgan fingerprint density at radius 2 is 1.95 bits per heavy atom. The van der Waals surface area contributed by atoms with E-state index in [0.29, 0.717) is 32.1 Å². The predicted molar refractivity (Wildman–Crippen MR) is 85.9 cm³/mol. The van der Waals surface area contributed by atoms with E-state index < -0.39 is 0 Å². The van der Waals surface area contributed by atoms with Gasteiger partial charge < -0.3 is 19.9 Å². The van der Waals surface area contributed by atoms with Crippen molar-refractivity contribution in [1.29, 1.82) is 0 Å². The SMILES string of the molecule is CCn1ccc(-c2cc(N)ccc2OCCOCCOC)n1. The van der Waals surface area contributed by atoms with Gasteiger partial charge in [-0.1, -0.05) is 0 Å². The highest BCUT2D eigenvalue weighted by Crippen LogP contribution is 2.30. The van der Waals surface area contributed by atoms with Crippen LogP contribution in [0.25, 0.3) is 11.3 Å². The fraction of sp³-hybridized carbons (Fsp3) is 0.438. The topological polar surface area (TPSA) is 71.5 Å². The Morgan fingerprint density at radius 3 is 2.68 bits per heavy atom. The smallest absolute Gasteiger partial charge is 0.129 e. The maximum absolute atomic E-state index is 5.89. The van der Waals surface area contributed by atoms with Gasteiger partial charge in [0.05, 0.1) is 25.5 Å². The number of hydrogen-bond acceptors (Lipinski definition) is 5. The average molecular weight is 305 g/mol. The molecule has 0 aliphatic rings. The normalized spacial score (nSPS) is 10.8. The zero-order chi connectivity index (χ0) is 15.8. The van der Waals surface area contributed by atoms with Gasteiger partial charge in [-0.05, 0) is 31.2 Å². The van der Waals surface area contributed by atoms with Gasteiger partial charge >= 0.3 is 0 Å². The molecule has 22 heavy (non-hydrogen) atoms. The van der Waals surface area contributed by atoms with Crippen molar-refractivity contribution in [1.82, 2.24) is 9.78 Å². The summed E-state index contributed by atoms with van der Waals surface area (Å²) in [4.78, 5) is 0. The van der Waals surface area contributed by atoms with Crippen LogP contribution in [0.3, 0.4) is 0 Å². The third-order valence-electron chi connectivity index (χ3n) is 3.16. The van der Waals surface area contributed by atoms with Gasteiger partial charge in [0.25, 0.3) is 0 Å². The number of aryl methyl sites for hydroxylation is 1. The average Bonchev–Trinajstić information content (AvgIpc) is 3.01. The van der Waals surface area contributed by atoms with Crippen molar-refractivity contribution in [3.05, 3.63) is 30.5 Å². The first-order valence-electron chi connectivity index (χ1n) is 7.37. The molecule has 1 aromatic carbocycles. The van der Waals surface area contributed by atoms with Crippen LogP contribution in [0.15, 0.2) is 30.5 Å². The Morgan fingerprint density at radius 1 is 1.14 bits per heavy atom. The lowest BCUT2D eigenvalue weighted by molar-refractivity contribution is 0.0545. The molecule has 0 bridgehead atoms. The summed E-state index contributed by atoms with van der Waals surface area (Å²) < 4.78 is 18.0. The summed E-state index contributed by atoms with van der Waals surface area (Å²) in [6.45, 7) is 5.00. The van der Waals surface area contributed by atoms with Crippen molar-refractivity contribution >= 4 is 5.69 Å². The summed E-state index contributed by atoms with van der Waals surface area (Å²) in [5, 5.41) is 4.50. The van der Waals surface area contributed by atoms with Crippen molar-refractivity contribution in [3.63, 3.8) is 0 Å². The molecule has 0 saturated heterocycles. The van der Waals surface area contributed by atoms with Crippen LogP contribution in [0.1, 0.15) is 6.92 Å². The lowest BCUT2D eigenvalue weighted by atomic mass is 10.1. The Bertz CT molecular complexity index is 584. The van der Waals surface area contributed by atoms with Gasteiger partial charge in [0, 0.05) is 31.1 Å². The summed E-state index contributed by atoms with van der Waals surface area (Å²) in [5.41, 5.74) is 8.31. The quantitative estimate of drug-likeness (QED) is 0.568. The molecule has 2 rings (SSSR count). The Hall–Kier alpha value is -2.05. The fourth-order valence-electron chi connectivity index (χ4n) is 2.01. The van der Waals surface area contributed by atoms with Crippen LogP contribution in [0, 0.1) is 0 Å². The molecule has 0 radical (unpaired) electrons. The summed E-state index contributed by atoms with van der Waals surface area (Å²) in [6.07, 6.45) is 1.94. The number of benzene rings is 1. The highest BCUT2D eigenvalue weighted by molar-refractivity contribution is 5.71. The van der Waals surface area contributed by atoms with Crippen LogP contribution in [0.5, 0.6) is 5.75 Å². The third-order valence-corrected chi connectivity index (χ3v) is 3.16. The van der Waals surface area contributed by atoms with Gasteiger partial charge in [0.15, 0.2) is 0 Å². The zero-order valence-electron chi connectivity index (χ0n) is 13.1. The van der Waals surface area contributed by atoms with Crippen LogP contribution in [0.2, 0.25) is 0 Å². The van der Waals surface area contributed by atoms with E-state index >= 15 is 0 Å². The summed E-state index contributed by atoms with van der Waals surface area (Å²) in [6, 6.07) is 7.52. The number of hydrogen-bond donors (Lipinski definition) is 1. The van der Waals surface area contributed by atoms with Crippen molar-refractivity contribution in [3.8, 4) is 17.0 Å². The van der Waals surface area contributed by atoms with Gasteiger partial charge in [-0.3, -0.25) is 4.68 Å². The van der Waals surface area contributed by atoms with E-state index in [-0.39, 0.29) is 0 Å². The van der Waals surface area contributed by atoms with E-state index in [1.165, 1.54) is 0 Å². The molecule has 0 fully saturated rings. The van der Waals surface area contributed by atoms with E-state index in [4.69, 9.17) is 19.9 Å². The zero-order valence-corrected chi connectivity index (χ0v) is 13.1. The molecular formula is C16H23N3O3. The molecule has 0 aliphatic carbocycles. The van der Waals surface area contributed by atoms with Crippen molar-refractivity contribution in [2.75, 3.05) is 39.3 Å². The number of rotatable bonds is 9. The van der Waals surface area contributed by atoms with Gasteiger partial charge in [0.2, 0.25) is 0 Å². The molecule has 6 nitrogen and oxygen atoms in total. The van der Waals surface area contributed by atoms with Crippen LogP contribution in [0.4, 0.5) is 5.69 Å². The van der Waals surface area contributed by atoms with Crippen LogP contribution >= 0.6 is 0 Å². The molecule has 0 atom stereocenters. The molecular weight excluding hydrogens is 282 g/mol. The van der Waals surface area contributed by atoms with E-state index in [1.807, 2.05) is 42.1 Å². The van der Waals surface area contributed by atoms with Crippen LogP contribution in [-0.4, -0.2) is 43.3 Å². The Labute approximate surface area is 130 Å². The van der Waals surface area contributed by atoms with Crippen molar-refractivity contribution < 1.29 is 14.2 Å². The molecule has 0 saturated carbocycles. The minimum Gasteiger partial charge on any atom is -0.490 e. The Kier molecular flexibility index (Phi) is 6.24. The minimum absolute atomic E-state index is 0.467. The van der Waals surface area contributed by atoms with Gasteiger partial charge in [0.1, 0.15) is 12.4 Å². The summed E-state index contributed by atoms with van der Waals surface area (Å²) >= 11 is 0. The van der Waals surface area contributed by atoms with Crippen molar-refractivity contribution in [2.45, 2.75) is 13.5 Å². The van der Waals surface area contributed by atoms with E-state index in [1.54, 1.807) is 7.11 Å². The first kappa shape index (κ1) is 16.3. The second-order valence-electron chi connectivity index (χ2n) is 4.77. The maximum Gasteiger partial charge on any atom is 0.129 e. The molecule has 2 N–H and O–H groups in total. The lowest BCUT2D eigenvalue weighted by Crippen LogP contribution is -2.10. The molecule has 6 heteroatoms. The second-order valence-corrected chi connectivity index (χ2v) is 4.77. The second kappa shape index (κ2) is 8.41. The first-order chi connectivity index (χ1) is 10.7. The number of nitrogens with zero attached hydrogens (tertiary/aromatic N) is 2. The lowest BCUT2D eigenvalue weighted by Gasteiger charge is -2.11. The number of ether oxygens (including phenoxy) is 3. The monoisotopic (exact) mass is 305 g/mol. The van der Waals surface area contributed by atoms with E-state index in [2.05, 4.69) is 5.10 Å². The molecule has 0 unspecified atom stereocenters. The Balaban J connectivity index is 2.01. The van der Waals surface area contributed by atoms with Crippen LogP contribution < -0.4 is 10.5 Å². The molecule has 0 spiro atoms. The molecule has 1 heterocycles. The summed E-state index contributed by atoms with van der Waals surface area (Å²) in [7, 11) is 1.65. The molecule has 0 aliphatic heterocycles. The highest BCUT2D eigenvalue weighted by Gasteiger charge is 2.10. The molecule has 2 aromatic rings. The number of nitrogen functional groups attached to an aromatic ring is 1. The number of methoxy groups -OCH3 is 1. The molecule has 1 aromatic heterocycles. The largest absolute Gasteiger partial charge is 0.490 e. The highest BCUT2D eigenvalue weighted by atomic mass is 16.5. The molecule has 120 valence electrons. The minimum atomic E-state index is 0.467. The molecule has 0 amide bonds. The first-order valence-corrected chi connectivity index (χ1v) is 7.37. The predicted octanol–water partition coefficient (Wildman–Crippen LogP) is 2.19. The third kappa shape index (κ3) is 4.47. The standard InChI is InChI=1S/C16H23N3O3/c1-3-19-7-6-15(18-19)14-12-13(17)4-5-16(14)22-11-10-21-9-8-20-2/h4-7,12H,3,8-11,17H2,1-2H3. The summed E-state index contributed by atoms with van der Waals surface area (Å²) in [5.74, 6) is 0.755. The van der Waals surface area contributed by atoms with E-state index in [0.717, 1.165) is 23.6 Å². The maximum atomic E-state index is 5.89. The number of aromatic nitrogens is 2. The van der Waals surface area contributed by atoms with Gasteiger partial charge in [-0.25, -0.2) is 0 Å². The van der Waals surface area contributed by atoms with E-state index in [9.17, 15) is 0 Å². The van der Waals surface area contributed by atoms with Crippen molar-refractivity contribution in [2.24, 2.45) is 0 Å². The van der Waals surface area contributed by atoms with Gasteiger partial charge in [-0.15, -0.1) is 0 Å². The number of anilines is 1. The number of nitrogens with two attached hydrogens (primary N) is 1. The van der Waals surface area contributed by atoms with Crippen LogP contribution in [-0.2, 0) is 16.0 Å². The fourth-order valence-corrected chi connectivity index (χ4v) is 2.01. The van der Waals surface area contributed by atoms with Gasteiger partial charge in [-0.2, -0.15) is 5.10 Å².